The van der Waals surface area contributed by atoms with E-state index in [1.165, 1.54) is 94.6 Å². The highest BCUT2D eigenvalue weighted by Crippen LogP contribution is 2.58. The molecule has 0 saturated carbocycles. The minimum absolute atomic E-state index is 0.0123. The number of H-pyrrole nitrogens is 6. The maximum Gasteiger partial charge on any atom is 0.160 e. The molecule has 0 bridgehead atoms. The zero-order valence-corrected chi connectivity index (χ0v) is 90.4. The summed E-state index contributed by atoms with van der Waals surface area (Å²) in [6.45, 7) is 44.9. The molecule has 6 atom stereocenters. The SMILES string of the molecule is Cc1[nH]nc2c1C(c1ccc(Cl)cc1)C1=C(C2)CC(C)(C)CC1=O.Cc1[nH]nc2c1C(c1cccc(Cl)c1)C1=C(C2)CC(C)(C)CC1=O.Cc1[nH]nc2c1C(c1ccccc1Br)C1=C(C2)CC(C)(C)CC1=O.Cc1ccc(C2C3=C(Cc4n[nH]c(C)c42)CC(C)(C)CC3=O)cc1.Cc1cccc(C2C3=C(Cc4n[nH]c(C)c42)CC(C)(C)CC3=O)c1.Cc1ccccc1C1C2=C(Cc3n[nH]c(C)c31)CC(C)(C)CC2=O. The van der Waals surface area contributed by atoms with Gasteiger partial charge in [-0.3, -0.25) is 59.4 Å². The first kappa shape index (κ1) is 101. The largest absolute Gasteiger partial charge is 0.294 e. The van der Waals surface area contributed by atoms with Gasteiger partial charge in [-0.1, -0.05) is 282 Å². The lowest BCUT2D eigenvalue weighted by Crippen LogP contribution is -2.32. The summed E-state index contributed by atoms with van der Waals surface area (Å²) in [4.78, 5) is 78.3. The first-order valence-corrected chi connectivity index (χ1v) is 52.9. The van der Waals surface area contributed by atoms with Crippen molar-refractivity contribution in [3.63, 3.8) is 0 Å². The van der Waals surface area contributed by atoms with Crippen molar-refractivity contribution >= 4 is 73.8 Å². The molecular formula is C123H135BrCl2N12O6. The molecule has 0 saturated heterocycles. The number of benzene rings is 6. The van der Waals surface area contributed by atoms with E-state index < -0.39 is 0 Å². The van der Waals surface area contributed by atoms with E-state index in [0.717, 1.165) is 206 Å². The highest BCUT2D eigenvalue weighted by Gasteiger charge is 2.50. The molecule has 0 spiro atoms. The highest BCUT2D eigenvalue weighted by molar-refractivity contribution is 9.10. The number of halogens is 3. The first-order chi connectivity index (χ1) is 68.2. The van der Waals surface area contributed by atoms with Crippen molar-refractivity contribution in [1.82, 2.24) is 61.2 Å². The van der Waals surface area contributed by atoms with Crippen molar-refractivity contribution in [2.75, 3.05) is 0 Å². The van der Waals surface area contributed by atoms with Gasteiger partial charge >= 0.3 is 0 Å². The van der Waals surface area contributed by atoms with E-state index in [1.54, 1.807) is 0 Å². The van der Waals surface area contributed by atoms with Crippen LogP contribution in [0.1, 0.15) is 347 Å². The fourth-order valence-corrected chi connectivity index (χ4v) is 27.4. The summed E-state index contributed by atoms with van der Waals surface area (Å²) in [6.07, 6.45) is 14.4. The maximum atomic E-state index is 13.1. The molecule has 144 heavy (non-hydrogen) atoms. The van der Waals surface area contributed by atoms with Crippen LogP contribution < -0.4 is 0 Å². The van der Waals surface area contributed by atoms with Crippen LogP contribution in [0.2, 0.25) is 10.0 Å². The number of nitrogens with one attached hydrogen (secondary N) is 6. The molecule has 0 radical (unpaired) electrons. The number of hydrogen-bond donors (Lipinski definition) is 6. The van der Waals surface area contributed by atoms with Gasteiger partial charge in [0.05, 0.1) is 34.2 Å². The lowest BCUT2D eigenvalue weighted by atomic mass is 9.64. The molecule has 6 aromatic carbocycles. The molecule has 12 aliphatic rings. The predicted octanol–water partition coefficient (Wildman–Crippen LogP) is 27.5. The Morgan fingerprint density at radius 2 is 0.514 bits per heavy atom. The normalized spacial score (nSPS) is 22.3. The van der Waals surface area contributed by atoms with Gasteiger partial charge in [0.1, 0.15) is 0 Å². The molecule has 6 N–H and O–H groups in total. The maximum absolute atomic E-state index is 13.1. The van der Waals surface area contributed by atoms with Gasteiger partial charge in [-0.15, -0.1) is 0 Å². The molecule has 6 aromatic heterocycles. The summed E-state index contributed by atoms with van der Waals surface area (Å²) in [5.74, 6) is 1.83. The Hall–Kier alpha value is -11.9. The third-order valence-electron chi connectivity index (χ3n) is 32.2. The van der Waals surface area contributed by atoms with Crippen LogP contribution in [-0.4, -0.2) is 95.9 Å². The van der Waals surface area contributed by atoms with Gasteiger partial charge in [0.2, 0.25) is 0 Å². The molecule has 6 heterocycles. The van der Waals surface area contributed by atoms with Crippen molar-refractivity contribution in [3.05, 3.63) is 379 Å². The van der Waals surface area contributed by atoms with E-state index in [2.05, 4.69) is 300 Å². The number of allylic oxidation sites excluding steroid dienone is 12. The van der Waals surface area contributed by atoms with Crippen LogP contribution in [0.4, 0.5) is 0 Å². The molecule has 0 amide bonds. The number of hydrogen-bond acceptors (Lipinski definition) is 12. The molecule has 6 unspecified atom stereocenters. The standard InChI is InChI=1S/3C21H24N2O.C20H21BrN2O.2C20H21ClN2O/c1-12-5-7-14(8-6-12)20-18-13(2)22-23-16(18)9-15-10-21(3,4)11-17(24)19(15)20;1-12-6-5-7-14(8-12)20-18-13(2)22-23-16(18)9-15-10-21(3,4)11-17(24)19(15)20;1-12-7-5-6-8-15(12)20-18-13(2)22-23-16(18)9-14-10-21(3,4)11-17(24)19(14)20;1-11-17-15(23-22-11)8-12-9-20(2,3)10-16(24)18(12)19(17)13-6-4-5-7-14(13)21;1-11-17-15(23-22-11)8-13-9-20(2,3)10-16(24)18(13)19(17)12-4-6-14(21)7-5-12;1-11-17-15(23-22-11)8-13-9-20(2,3)10-16(24)18(13)19(17)12-5-4-6-14(21)7-12/h3*5-8,20H,9-11H2,1-4H3,(H,22,23);3*4-7,19H,8-10H2,1-3H3,(H,22,23). The second kappa shape index (κ2) is 38.5. The fourth-order valence-electron chi connectivity index (χ4n) is 26.6. The van der Waals surface area contributed by atoms with Crippen LogP contribution in [0.15, 0.2) is 217 Å². The molecular weight excluding hydrogens is 1890 g/mol. The third kappa shape index (κ3) is 19.7. The van der Waals surface area contributed by atoms with E-state index in [4.69, 9.17) is 23.2 Å². The quantitative estimate of drug-likeness (QED) is 0.0907. The van der Waals surface area contributed by atoms with Gasteiger partial charge in [0.25, 0.3) is 0 Å². The van der Waals surface area contributed by atoms with Gasteiger partial charge in [-0.05, 0) is 203 Å². The highest BCUT2D eigenvalue weighted by atomic mass is 79.9. The van der Waals surface area contributed by atoms with Gasteiger partial charge < -0.3 is 0 Å². The zero-order chi connectivity index (χ0) is 102. The van der Waals surface area contributed by atoms with Crippen molar-refractivity contribution in [3.8, 4) is 0 Å². The molecule has 12 aromatic rings. The Morgan fingerprint density at radius 1 is 0.257 bits per heavy atom. The monoisotopic (exact) mass is 2020 g/mol. The number of carbonyl (C=O) groups excluding carboxylic acids is 6. The van der Waals surface area contributed by atoms with Crippen LogP contribution >= 0.6 is 39.1 Å². The Balaban J connectivity index is 0.000000109. The van der Waals surface area contributed by atoms with E-state index in [1.807, 2.05) is 68.4 Å². The van der Waals surface area contributed by atoms with Crippen molar-refractivity contribution < 1.29 is 28.8 Å². The summed E-state index contributed by atoms with van der Waals surface area (Å²) in [5, 5.41) is 47.5. The average molecular weight is 2030 g/mol. The second-order valence-corrected chi connectivity index (χ2v) is 49.7. The number of ketones is 6. The van der Waals surface area contributed by atoms with Crippen LogP contribution in [0, 0.1) is 94.8 Å². The van der Waals surface area contributed by atoms with Crippen molar-refractivity contribution in [2.45, 2.75) is 296 Å². The Labute approximate surface area is 865 Å². The lowest BCUT2D eigenvalue weighted by Gasteiger charge is -2.38. The summed E-state index contributed by atoms with van der Waals surface area (Å²) in [6, 6.07) is 49.6. The molecule has 744 valence electrons. The minimum atomic E-state index is -0.0511. The second-order valence-electron chi connectivity index (χ2n) is 48.0. The number of carbonyl (C=O) groups is 6. The number of aromatic nitrogens is 12. The van der Waals surface area contributed by atoms with Crippen LogP contribution in [0.3, 0.4) is 0 Å². The van der Waals surface area contributed by atoms with E-state index in [-0.39, 0.29) is 79.6 Å². The topological polar surface area (TPSA) is 274 Å². The summed E-state index contributed by atoms with van der Waals surface area (Å²) in [7, 11) is 0. The van der Waals surface area contributed by atoms with Crippen molar-refractivity contribution in [1.29, 1.82) is 0 Å². The smallest absolute Gasteiger partial charge is 0.160 e. The molecule has 24 rings (SSSR count). The number of rotatable bonds is 6. The minimum Gasteiger partial charge on any atom is -0.294 e. The third-order valence-corrected chi connectivity index (χ3v) is 33.4. The molecule has 21 heteroatoms. The number of Topliss-reactive ketones (excluding diaryl/α,β-unsaturated/α-hetero) is 6. The van der Waals surface area contributed by atoms with Gasteiger partial charge in [-0.2, -0.15) is 30.6 Å². The molecule has 0 aliphatic heterocycles. The van der Waals surface area contributed by atoms with E-state index in [9.17, 15) is 28.8 Å². The molecule has 18 nitrogen and oxygen atoms in total. The van der Waals surface area contributed by atoms with Gasteiger partial charge in [0.15, 0.2) is 34.7 Å². The molecule has 12 aliphatic carbocycles. The number of aromatic amines is 6. The number of nitrogens with zero attached hydrogens (tertiary/aromatic N) is 6. The number of aryl methyl sites for hydroxylation is 9. The summed E-state index contributed by atoms with van der Waals surface area (Å²) >= 11 is 16.0. The van der Waals surface area contributed by atoms with Crippen LogP contribution in [0.5, 0.6) is 0 Å². The van der Waals surface area contributed by atoms with Gasteiger partial charge in [0, 0.05) is 228 Å². The van der Waals surface area contributed by atoms with Crippen molar-refractivity contribution in [2.24, 2.45) is 32.5 Å². The zero-order valence-electron chi connectivity index (χ0n) is 87.3. The number of fused-ring (bicyclic) bond motifs is 6. The fraction of sp³-hybridized carbons (Fsp3) is 0.415. The predicted molar refractivity (Wildman–Crippen MR) is 574 cm³/mol. The van der Waals surface area contributed by atoms with Crippen LogP contribution in [-0.2, 0) is 67.3 Å². The van der Waals surface area contributed by atoms with E-state index in [0.29, 0.717) is 71.7 Å². The molecule has 0 fully saturated rings. The lowest BCUT2D eigenvalue weighted by molar-refractivity contribution is -0.119. The van der Waals surface area contributed by atoms with E-state index >= 15 is 0 Å². The summed E-state index contributed by atoms with van der Waals surface area (Å²) < 4.78 is 1.05. The van der Waals surface area contributed by atoms with Crippen LogP contribution in [0.25, 0.3) is 0 Å². The summed E-state index contributed by atoms with van der Waals surface area (Å²) in [5.41, 5.74) is 44.9. The Morgan fingerprint density at radius 3 is 0.812 bits per heavy atom. The van der Waals surface area contributed by atoms with Gasteiger partial charge in [-0.25, -0.2) is 0 Å². The Kier molecular flexibility index (Phi) is 26.9. The average Bonchev–Trinajstić information content (AvgIpc) is 1.82. The first-order valence-electron chi connectivity index (χ1n) is 51.3. The Bertz CT molecular complexity index is 7030.